The molecule has 4 heteroatoms. The van der Waals surface area contributed by atoms with Gasteiger partial charge in [0.05, 0.1) is 6.10 Å². The van der Waals surface area contributed by atoms with E-state index in [0.717, 1.165) is 19.3 Å². The van der Waals surface area contributed by atoms with Crippen molar-refractivity contribution in [1.82, 2.24) is 5.32 Å². The van der Waals surface area contributed by atoms with Crippen LogP contribution >= 0.6 is 0 Å². The molecule has 0 aromatic rings. The lowest BCUT2D eigenvalue weighted by Gasteiger charge is -2.44. The summed E-state index contributed by atoms with van der Waals surface area (Å²) in [6.45, 7) is 10.7. The first-order valence-electron chi connectivity index (χ1n) is 10.7. The Morgan fingerprint density at radius 1 is 1.25 bits per heavy atom. The van der Waals surface area contributed by atoms with E-state index >= 15 is 0 Å². The number of nitrogens with one attached hydrogen (secondary N) is 1. The molecule has 3 unspecified atom stereocenters. The van der Waals surface area contributed by atoms with Crippen LogP contribution in [0.2, 0.25) is 0 Å². The predicted molar refractivity (Wildman–Crippen MR) is 111 cm³/mol. The van der Waals surface area contributed by atoms with Crippen molar-refractivity contribution in [2.75, 3.05) is 0 Å². The fourth-order valence-corrected chi connectivity index (χ4v) is 5.56. The first kappa shape index (κ1) is 21.0. The molecule has 0 aromatic heterocycles. The number of allylic oxidation sites excluding steroid dienone is 5. The zero-order valence-electron chi connectivity index (χ0n) is 17.9. The third-order valence-electron chi connectivity index (χ3n) is 7.01. The highest BCUT2D eigenvalue weighted by atomic mass is 16.3. The summed E-state index contributed by atoms with van der Waals surface area (Å²) < 4.78 is 0. The molecule has 6 atom stereocenters. The number of amides is 1. The van der Waals surface area contributed by atoms with Crippen molar-refractivity contribution in [3.63, 3.8) is 0 Å². The lowest BCUT2D eigenvalue weighted by Crippen LogP contribution is -2.51. The second-order valence-corrected chi connectivity index (χ2v) is 9.53. The minimum absolute atomic E-state index is 0.00485. The largest absolute Gasteiger partial charge is 0.389 e. The number of rotatable bonds is 2. The second kappa shape index (κ2) is 7.98. The predicted octanol–water partition coefficient (Wildman–Crippen LogP) is 3.96. The van der Waals surface area contributed by atoms with Crippen LogP contribution in [-0.2, 0) is 9.59 Å². The summed E-state index contributed by atoms with van der Waals surface area (Å²) in [5, 5.41) is 13.4. The van der Waals surface area contributed by atoms with Crippen LogP contribution in [0.5, 0.6) is 0 Å². The van der Waals surface area contributed by atoms with Gasteiger partial charge in [0, 0.05) is 17.9 Å². The Morgan fingerprint density at radius 3 is 2.64 bits per heavy atom. The third-order valence-corrected chi connectivity index (χ3v) is 7.01. The zero-order valence-corrected chi connectivity index (χ0v) is 17.9. The van der Waals surface area contributed by atoms with Crippen LogP contribution in [0.15, 0.2) is 35.5 Å². The van der Waals surface area contributed by atoms with Crippen molar-refractivity contribution in [1.29, 1.82) is 0 Å². The molecule has 3 aliphatic rings. The van der Waals surface area contributed by atoms with Gasteiger partial charge in [-0.3, -0.25) is 9.59 Å². The maximum Gasteiger partial charge on any atom is 0.235 e. The van der Waals surface area contributed by atoms with E-state index in [9.17, 15) is 14.7 Å². The summed E-state index contributed by atoms with van der Waals surface area (Å²) in [5.74, 6) is -0.0253. The van der Waals surface area contributed by atoms with Crippen LogP contribution in [0.4, 0.5) is 0 Å². The number of carbonyl (C=O) groups excluding carboxylic acids is 2. The molecule has 1 amide bonds. The van der Waals surface area contributed by atoms with E-state index < -0.39 is 11.5 Å². The average Bonchev–Trinajstić information content (AvgIpc) is 2.88. The highest BCUT2D eigenvalue weighted by Gasteiger charge is 2.64. The molecule has 0 radical (unpaired) electrons. The Hall–Kier alpha value is -1.68. The maximum absolute atomic E-state index is 13.6. The average molecular weight is 386 g/mol. The minimum atomic E-state index is -1.11. The van der Waals surface area contributed by atoms with Crippen molar-refractivity contribution in [2.45, 2.75) is 72.4 Å². The number of carbonyl (C=O) groups is 2. The molecule has 2 aliphatic carbocycles. The fraction of sp³-hybridized carbons (Fsp3) is 0.667. The number of aliphatic hydroxyl groups excluding tert-OH is 1. The molecular weight excluding hydrogens is 350 g/mol. The van der Waals surface area contributed by atoms with E-state index in [-0.39, 0.29) is 35.5 Å². The number of ketones is 1. The van der Waals surface area contributed by atoms with Gasteiger partial charge in [0.2, 0.25) is 5.91 Å². The minimum Gasteiger partial charge on any atom is -0.389 e. The Morgan fingerprint density at radius 2 is 1.96 bits per heavy atom. The van der Waals surface area contributed by atoms with Crippen molar-refractivity contribution in [3.8, 4) is 0 Å². The molecule has 4 nitrogen and oxygen atoms in total. The maximum atomic E-state index is 13.6. The molecule has 0 aromatic carbocycles. The van der Waals surface area contributed by atoms with Gasteiger partial charge in [0.1, 0.15) is 5.41 Å². The highest BCUT2D eigenvalue weighted by Crippen LogP contribution is 2.55. The molecule has 1 heterocycles. The Balaban J connectivity index is 2.20. The van der Waals surface area contributed by atoms with Crippen LogP contribution in [0.1, 0.15) is 60.3 Å². The number of hydrogen-bond acceptors (Lipinski definition) is 3. The Kier molecular flexibility index (Phi) is 6.00. The van der Waals surface area contributed by atoms with Gasteiger partial charge >= 0.3 is 0 Å². The molecule has 1 spiro atoms. The normalized spacial score (nSPS) is 41.9. The first-order chi connectivity index (χ1) is 13.2. The molecule has 3 rings (SSSR count). The van der Waals surface area contributed by atoms with Gasteiger partial charge in [-0.25, -0.2) is 0 Å². The van der Waals surface area contributed by atoms with Crippen molar-refractivity contribution < 1.29 is 14.7 Å². The lowest BCUT2D eigenvalue weighted by molar-refractivity contribution is -0.142. The Bertz CT molecular complexity index is 732. The fourth-order valence-electron chi connectivity index (χ4n) is 5.56. The van der Waals surface area contributed by atoms with Crippen LogP contribution in [0, 0.1) is 29.1 Å². The van der Waals surface area contributed by atoms with E-state index in [1.54, 1.807) is 6.08 Å². The van der Waals surface area contributed by atoms with Gasteiger partial charge < -0.3 is 10.4 Å². The van der Waals surface area contributed by atoms with Gasteiger partial charge in [0.15, 0.2) is 5.78 Å². The summed E-state index contributed by atoms with van der Waals surface area (Å²) >= 11 is 0. The molecule has 154 valence electrons. The summed E-state index contributed by atoms with van der Waals surface area (Å²) in [6, 6.07) is -0.00485. The molecule has 1 aliphatic heterocycles. The highest BCUT2D eigenvalue weighted by molar-refractivity contribution is 6.13. The summed E-state index contributed by atoms with van der Waals surface area (Å²) in [6.07, 6.45) is 9.95. The van der Waals surface area contributed by atoms with E-state index in [2.05, 4.69) is 52.1 Å². The molecule has 2 N–H and O–H groups in total. The molecular formula is C24H35NO3. The van der Waals surface area contributed by atoms with E-state index in [0.29, 0.717) is 12.3 Å². The second-order valence-electron chi connectivity index (χ2n) is 9.53. The van der Waals surface area contributed by atoms with Crippen LogP contribution in [0.25, 0.3) is 0 Å². The van der Waals surface area contributed by atoms with Crippen LogP contribution in [0.3, 0.4) is 0 Å². The first-order valence-corrected chi connectivity index (χ1v) is 10.7. The van der Waals surface area contributed by atoms with E-state index in [1.807, 2.05) is 0 Å². The van der Waals surface area contributed by atoms with Crippen molar-refractivity contribution in [3.05, 3.63) is 35.5 Å². The van der Waals surface area contributed by atoms with Gasteiger partial charge in [-0.05, 0) is 57.4 Å². The smallest absolute Gasteiger partial charge is 0.235 e. The Labute approximate surface area is 169 Å². The standard InChI is InChI=1S/C24H35NO3/c1-14(2)11-20-22-17(5)16(4)13-18-12-15(3)7-6-8-19(26)9-10-21(27)24(18,22)23(28)25-20/h9-10,12-14,17-20,22,26H,6-8,11H2,1-5H3,(H,25,28)/b10-9+,15-12+/t17-,18?,19?,20+,22+,24?/m1/s1. The van der Waals surface area contributed by atoms with Gasteiger partial charge in [-0.2, -0.15) is 0 Å². The van der Waals surface area contributed by atoms with Gasteiger partial charge in [0.25, 0.3) is 0 Å². The van der Waals surface area contributed by atoms with Gasteiger partial charge in [-0.1, -0.05) is 50.1 Å². The van der Waals surface area contributed by atoms with E-state index in [4.69, 9.17) is 0 Å². The topological polar surface area (TPSA) is 66.4 Å². The molecule has 0 bridgehead atoms. The molecule has 28 heavy (non-hydrogen) atoms. The monoisotopic (exact) mass is 385 g/mol. The summed E-state index contributed by atoms with van der Waals surface area (Å²) in [5.41, 5.74) is 1.33. The molecule has 1 fully saturated rings. The quantitative estimate of drug-likeness (QED) is 0.558. The molecule has 0 saturated carbocycles. The van der Waals surface area contributed by atoms with Crippen LogP contribution in [-0.4, -0.2) is 28.9 Å². The van der Waals surface area contributed by atoms with Gasteiger partial charge in [-0.15, -0.1) is 0 Å². The van der Waals surface area contributed by atoms with Crippen molar-refractivity contribution in [2.24, 2.45) is 29.1 Å². The van der Waals surface area contributed by atoms with E-state index in [1.165, 1.54) is 17.2 Å². The lowest BCUT2D eigenvalue weighted by atomic mass is 9.55. The van der Waals surface area contributed by atoms with Crippen molar-refractivity contribution >= 4 is 11.7 Å². The number of aliphatic hydroxyl groups is 1. The van der Waals surface area contributed by atoms with Crippen LogP contribution < -0.4 is 5.32 Å². The number of hydrogen-bond donors (Lipinski definition) is 2. The SMILES string of the molecule is CC1=CC2/C=C(\C)CCCC(O)/C=C/C(=O)C23C(=O)N[C@@H](CC(C)C)[C@@H]3[C@@H]1C. The summed E-state index contributed by atoms with van der Waals surface area (Å²) in [4.78, 5) is 27.1. The summed E-state index contributed by atoms with van der Waals surface area (Å²) in [7, 11) is 0. The molecule has 1 saturated heterocycles. The zero-order chi connectivity index (χ0) is 20.6. The third kappa shape index (κ3) is 3.52.